The van der Waals surface area contributed by atoms with Gasteiger partial charge in [-0.25, -0.2) is 0 Å². The zero-order valence-electron chi connectivity index (χ0n) is 29.6. The van der Waals surface area contributed by atoms with Gasteiger partial charge in [0.25, 0.3) is 0 Å². The Morgan fingerprint density at radius 3 is 2.49 bits per heavy atom. The number of aromatic hydroxyl groups is 1. The topological polar surface area (TPSA) is 131 Å². The molecule has 3 fully saturated rings. The van der Waals surface area contributed by atoms with E-state index in [9.17, 15) is 9.90 Å². The maximum absolute atomic E-state index is 11.8. The monoisotopic (exact) mass is 699 g/mol. The van der Waals surface area contributed by atoms with Gasteiger partial charge in [-0.3, -0.25) is 14.2 Å². The van der Waals surface area contributed by atoms with E-state index in [2.05, 4.69) is 40.1 Å². The summed E-state index contributed by atoms with van der Waals surface area (Å²) < 4.78 is 35.9. The SMILES string of the molecule is COCc1c(OCC2CCNCC2c2ccnn2C2CC2)cccc1OC1COCC(COc2cccc(O)c2C=O)C1c1ccnn1C(C)C. The third-order valence-corrected chi connectivity index (χ3v) is 10.4. The molecule has 4 aromatic rings. The number of rotatable bonds is 15. The molecule has 2 saturated heterocycles. The van der Waals surface area contributed by atoms with Crippen molar-refractivity contribution in [3.63, 3.8) is 0 Å². The van der Waals surface area contributed by atoms with Crippen molar-refractivity contribution >= 4 is 6.29 Å². The molecular formula is C39H49N5O7. The van der Waals surface area contributed by atoms with Crippen molar-refractivity contribution in [1.82, 2.24) is 24.9 Å². The van der Waals surface area contributed by atoms with Crippen molar-refractivity contribution in [2.45, 2.75) is 69.7 Å². The molecule has 2 aromatic heterocycles. The fraction of sp³-hybridized carbons (Fsp3) is 0.513. The second kappa shape index (κ2) is 15.9. The smallest absolute Gasteiger partial charge is 0.157 e. The lowest BCUT2D eigenvalue weighted by molar-refractivity contribution is -0.0549. The van der Waals surface area contributed by atoms with Gasteiger partial charge < -0.3 is 34.1 Å². The van der Waals surface area contributed by atoms with Crippen molar-refractivity contribution in [3.05, 3.63) is 83.4 Å². The molecule has 0 bridgehead atoms. The van der Waals surface area contributed by atoms with Crippen LogP contribution in [0.25, 0.3) is 0 Å². The number of benzene rings is 2. The average molecular weight is 700 g/mol. The summed E-state index contributed by atoms with van der Waals surface area (Å²) in [6.07, 6.45) is 7.38. The van der Waals surface area contributed by atoms with Gasteiger partial charge in [-0.05, 0) is 76.1 Å². The summed E-state index contributed by atoms with van der Waals surface area (Å²) in [7, 11) is 1.68. The van der Waals surface area contributed by atoms with Gasteiger partial charge >= 0.3 is 0 Å². The van der Waals surface area contributed by atoms with E-state index in [1.54, 1.807) is 19.2 Å². The molecule has 0 radical (unpaired) electrons. The summed E-state index contributed by atoms with van der Waals surface area (Å²) >= 11 is 0. The van der Waals surface area contributed by atoms with Gasteiger partial charge in [0, 0.05) is 67.1 Å². The van der Waals surface area contributed by atoms with Crippen LogP contribution in [0.1, 0.15) is 84.3 Å². The van der Waals surface area contributed by atoms with E-state index in [1.807, 2.05) is 41.3 Å². The summed E-state index contributed by atoms with van der Waals surface area (Å²) in [6.45, 7) is 7.98. The molecule has 0 spiro atoms. The number of hydrogen-bond acceptors (Lipinski definition) is 10. The van der Waals surface area contributed by atoms with Crippen LogP contribution in [0, 0.1) is 11.8 Å². The Morgan fingerprint density at radius 2 is 1.69 bits per heavy atom. The fourth-order valence-corrected chi connectivity index (χ4v) is 7.67. The molecule has 2 N–H and O–H groups in total. The van der Waals surface area contributed by atoms with Crippen molar-refractivity contribution in [3.8, 4) is 23.0 Å². The largest absolute Gasteiger partial charge is 0.507 e. The number of phenols is 1. The van der Waals surface area contributed by atoms with Crippen LogP contribution < -0.4 is 19.5 Å². The molecule has 5 atom stereocenters. The minimum absolute atomic E-state index is 0.119. The highest BCUT2D eigenvalue weighted by molar-refractivity contribution is 5.83. The number of methoxy groups -OCH3 is 1. The van der Waals surface area contributed by atoms with Gasteiger partial charge in [-0.15, -0.1) is 0 Å². The highest BCUT2D eigenvalue weighted by Crippen LogP contribution is 2.41. The minimum Gasteiger partial charge on any atom is -0.507 e. The lowest BCUT2D eigenvalue weighted by Gasteiger charge is -2.39. The highest BCUT2D eigenvalue weighted by atomic mass is 16.5. The first kappa shape index (κ1) is 35.0. The maximum atomic E-state index is 11.8. The normalized spacial score (nSPS) is 23.6. The minimum atomic E-state index is -0.390. The zero-order valence-corrected chi connectivity index (χ0v) is 29.6. The zero-order chi connectivity index (χ0) is 35.3. The first-order valence-electron chi connectivity index (χ1n) is 18.1. The number of carbonyl (C=O) groups excluding carboxylic acids is 1. The molecule has 4 heterocycles. The second-order valence-corrected chi connectivity index (χ2v) is 14.2. The first-order valence-corrected chi connectivity index (χ1v) is 18.1. The van der Waals surface area contributed by atoms with Gasteiger partial charge in [0.1, 0.15) is 29.1 Å². The molecule has 1 aliphatic carbocycles. The molecule has 272 valence electrons. The summed E-state index contributed by atoms with van der Waals surface area (Å²) in [4.78, 5) is 11.8. The Morgan fingerprint density at radius 1 is 0.941 bits per heavy atom. The van der Waals surface area contributed by atoms with Crippen LogP contribution in [0.3, 0.4) is 0 Å². The number of nitrogens with zero attached hydrogens (tertiary/aromatic N) is 4. The predicted molar refractivity (Wildman–Crippen MR) is 190 cm³/mol. The van der Waals surface area contributed by atoms with E-state index >= 15 is 0 Å². The number of ether oxygens (including phenoxy) is 5. The Hall–Kier alpha value is -4.39. The standard InChI is InChI=1S/C39H49N5O7/c1-25(2)43-33(14-17-41-43)39-27(22-50-35-7-4-6-34(46)30(35)19-45)20-48-24-38(39)51-37-9-5-8-36(31(37)23-47-3)49-21-26-12-15-40-18-29(26)32-13-16-42-44(32)28-10-11-28/h4-9,13-14,16-17,19,25-29,38-40,46H,10-12,15,18,20-24H2,1-3H3. The van der Waals surface area contributed by atoms with Crippen molar-refractivity contribution < 1.29 is 33.6 Å². The molecule has 5 unspecified atom stereocenters. The number of aromatic nitrogens is 4. The fourth-order valence-electron chi connectivity index (χ4n) is 7.67. The number of aldehydes is 1. The van der Waals surface area contributed by atoms with Gasteiger partial charge in [0.05, 0.1) is 50.2 Å². The molecule has 2 aliphatic heterocycles. The van der Waals surface area contributed by atoms with Crippen LogP contribution in [-0.4, -0.2) is 83.7 Å². The van der Waals surface area contributed by atoms with Gasteiger partial charge in [0.15, 0.2) is 6.29 Å². The Labute approximate surface area is 299 Å². The van der Waals surface area contributed by atoms with E-state index < -0.39 is 6.10 Å². The summed E-state index contributed by atoms with van der Waals surface area (Å²) in [6, 6.07) is 15.6. The molecule has 51 heavy (non-hydrogen) atoms. The Bertz CT molecular complexity index is 1770. The second-order valence-electron chi connectivity index (χ2n) is 14.2. The van der Waals surface area contributed by atoms with Crippen molar-refractivity contribution in [1.29, 1.82) is 0 Å². The molecule has 0 amide bonds. The first-order chi connectivity index (χ1) is 25.0. The van der Waals surface area contributed by atoms with Crippen LogP contribution in [0.4, 0.5) is 0 Å². The number of phenolic OH excluding ortho intramolecular Hbond substituents is 1. The number of nitrogens with one attached hydrogen (secondary N) is 1. The summed E-state index contributed by atoms with van der Waals surface area (Å²) in [5.41, 5.74) is 3.28. The molecule has 1 saturated carbocycles. The maximum Gasteiger partial charge on any atom is 0.157 e. The Kier molecular flexibility index (Phi) is 10.9. The van der Waals surface area contributed by atoms with Crippen molar-refractivity contribution in [2.24, 2.45) is 11.8 Å². The van der Waals surface area contributed by atoms with Crippen LogP contribution in [0.2, 0.25) is 0 Å². The van der Waals surface area contributed by atoms with E-state index in [1.165, 1.54) is 24.6 Å². The van der Waals surface area contributed by atoms with E-state index in [-0.39, 0.29) is 35.8 Å². The van der Waals surface area contributed by atoms with Crippen LogP contribution in [0.5, 0.6) is 23.0 Å². The third kappa shape index (κ3) is 7.63. The lowest BCUT2D eigenvalue weighted by atomic mass is 9.83. The van der Waals surface area contributed by atoms with Gasteiger partial charge in [-0.1, -0.05) is 12.1 Å². The van der Waals surface area contributed by atoms with E-state index in [0.717, 1.165) is 36.5 Å². The predicted octanol–water partition coefficient (Wildman–Crippen LogP) is 5.69. The molecular weight excluding hydrogens is 650 g/mol. The summed E-state index contributed by atoms with van der Waals surface area (Å²) in [5, 5.41) is 23.1. The van der Waals surface area contributed by atoms with E-state index in [0.29, 0.717) is 62.1 Å². The highest BCUT2D eigenvalue weighted by Gasteiger charge is 2.40. The van der Waals surface area contributed by atoms with Crippen LogP contribution in [0.15, 0.2) is 60.9 Å². The quantitative estimate of drug-likeness (QED) is 0.149. The molecule has 12 heteroatoms. The molecule has 7 rings (SSSR count). The number of carbonyl (C=O) groups is 1. The van der Waals surface area contributed by atoms with Gasteiger partial charge in [0.2, 0.25) is 0 Å². The average Bonchev–Trinajstić information content (AvgIpc) is 3.65. The summed E-state index contributed by atoms with van der Waals surface area (Å²) in [5.74, 6) is 1.97. The van der Waals surface area contributed by atoms with Gasteiger partial charge in [-0.2, -0.15) is 10.2 Å². The van der Waals surface area contributed by atoms with E-state index in [4.69, 9.17) is 23.7 Å². The Balaban J connectivity index is 1.13. The van der Waals surface area contributed by atoms with Crippen LogP contribution >= 0.6 is 0 Å². The lowest BCUT2D eigenvalue weighted by Crippen LogP contribution is -2.44. The third-order valence-electron chi connectivity index (χ3n) is 10.4. The van der Waals surface area contributed by atoms with Crippen LogP contribution in [-0.2, 0) is 16.1 Å². The molecule has 12 nitrogen and oxygen atoms in total. The molecule has 2 aromatic carbocycles. The molecule has 3 aliphatic rings. The number of hydrogen-bond donors (Lipinski definition) is 2. The number of piperidine rings is 1. The van der Waals surface area contributed by atoms with Crippen molar-refractivity contribution in [2.75, 3.05) is 46.6 Å².